The number of aromatic nitrogens is 1. The van der Waals surface area contributed by atoms with Crippen molar-refractivity contribution >= 4 is 10.9 Å². The van der Waals surface area contributed by atoms with Gasteiger partial charge in [0.25, 0.3) is 0 Å². The molecule has 1 N–H and O–H groups in total. The van der Waals surface area contributed by atoms with Gasteiger partial charge in [0.15, 0.2) is 0 Å². The minimum absolute atomic E-state index is 0.235. The number of hydrogen-bond acceptors (Lipinski definition) is 3. The molecule has 0 aliphatic carbocycles. The molecule has 0 spiro atoms. The minimum atomic E-state index is 0.235. The molecule has 0 bridgehead atoms. The SMILES string of the molecule is c1ccc2nc([C@@H]3COCCN3)ccc2c1. The highest BCUT2D eigenvalue weighted by Gasteiger charge is 2.16. The second-order valence-corrected chi connectivity index (χ2v) is 4.01. The average Bonchev–Trinajstić information content (AvgIpc) is 2.39. The fourth-order valence-corrected chi connectivity index (χ4v) is 2.03. The lowest BCUT2D eigenvalue weighted by Crippen LogP contribution is -2.35. The standard InChI is InChI=1S/C13H14N2O/c1-2-4-11-10(3-1)5-6-12(15-11)13-9-16-8-7-14-13/h1-6,13-14H,7-9H2/t13-/m0/s1. The number of pyridine rings is 1. The second-order valence-electron chi connectivity index (χ2n) is 4.01. The van der Waals surface area contributed by atoms with Crippen molar-refractivity contribution in [3.8, 4) is 0 Å². The normalized spacial score (nSPS) is 21.1. The molecule has 2 heterocycles. The molecule has 0 amide bonds. The predicted molar refractivity (Wildman–Crippen MR) is 63.3 cm³/mol. The highest BCUT2D eigenvalue weighted by Crippen LogP contribution is 2.18. The summed E-state index contributed by atoms with van der Waals surface area (Å²) in [5, 5.41) is 4.60. The van der Waals surface area contributed by atoms with Gasteiger partial charge in [-0.2, -0.15) is 0 Å². The molecule has 0 radical (unpaired) electrons. The van der Waals surface area contributed by atoms with Gasteiger partial charge < -0.3 is 10.1 Å². The van der Waals surface area contributed by atoms with E-state index in [1.54, 1.807) is 0 Å². The van der Waals surface area contributed by atoms with E-state index < -0.39 is 0 Å². The van der Waals surface area contributed by atoms with Crippen molar-refractivity contribution in [2.45, 2.75) is 6.04 Å². The van der Waals surface area contributed by atoms with Gasteiger partial charge in [-0.25, -0.2) is 0 Å². The Morgan fingerprint density at radius 3 is 3.00 bits per heavy atom. The first-order valence-corrected chi connectivity index (χ1v) is 5.60. The molecule has 16 heavy (non-hydrogen) atoms. The first-order valence-electron chi connectivity index (χ1n) is 5.60. The van der Waals surface area contributed by atoms with Crippen LogP contribution in [0.3, 0.4) is 0 Å². The molecular formula is C13H14N2O. The van der Waals surface area contributed by atoms with E-state index in [-0.39, 0.29) is 6.04 Å². The molecular weight excluding hydrogens is 200 g/mol. The van der Waals surface area contributed by atoms with Crippen LogP contribution in [0, 0.1) is 0 Å². The zero-order valence-corrected chi connectivity index (χ0v) is 9.02. The van der Waals surface area contributed by atoms with Crippen LogP contribution in [0.1, 0.15) is 11.7 Å². The highest BCUT2D eigenvalue weighted by atomic mass is 16.5. The first kappa shape index (κ1) is 9.75. The van der Waals surface area contributed by atoms with Crippen LogP contribution in [-0.4, -0.2) is 24.7 Å². The van der Waals surface area contributed by atoms with Crippen molar-refractivity contribution in [1.29, 1.82) is 0 Å². The molecule has 1 aliphatic heterocycles. The van der Waals surface area contributed by atoms with Gasteiger partial charge in [-0.3, -0.25) is 4.98 Å². The van der Waals surface area contributed by atoms with E-state index in [2.05, 4.69) is 28.5 Å². The maximum atomic E-state index is 5.45. The van der Waals surface area contributed by atoms with Crippen LogP contribution in [0.2, 0.25) is 0 Å². The molecule has 1 aromatic carbocycles. The molecule has 3 heteroatoms. The molecule has 2 aromatic rings. The lowest BCUT2D eigenvalue weighted by molar-refractivity contribution is 0.0757. The summed E-state index contributed by atoms with van der Waals surface area (Å²) < 4.78 is 5.45. The Kier molecular flexibility index (Phi) is 2.56. The van der Waals surface area contributed by atoms with Crippen molar-refractivity contribution in [2.75, 3.05) is 19.8 Å². The first-order chi connectivity index (χ1) is 7.93. The number of nitrogens with zero attached hydrogens (tertiary/aromatic N) is 1. The van der Waals surface area contributed by atoms with Crippen molar-refractivity contribution in [3.05, 3.63) is 42.1 Å². The van der Waals surface area contributed by atoms with E-state index in [1.165, 1.54) is 5.39 Å². The molecule has 1 aromatic heterocycles. The van der Waals surface area contributed by atoms with Crippen LogP contribution in [-0.2, 0) is 4.74 Å². The van der Waals surface area contributed by atoms with Crippen LogP contribution in [0.5, 0.6) is 0 Å². The van der Waals surface area contributed by atoms with Gasteiger partial charge in [0, 0.05) is 11.9 Å². The summed E-state index contributed by atoms with van der Waals surface area (Å²) in [4.78, 5) is 4.66. The number of ether oxygens (including phenoxy) is 1. The fraction of sp³-hybridized carbons (Fsp3) is 0.308. The zero-order valence-electron chi connectivity index (χ0n) is 9.02. The minimum Gasteiger partial charge on any atom is -0.378 e. The Morgan fingerprint density at radius 1 is 1.19 bits per heavy atom. The third-order valence-electron chi connectivity index (χ3n) is 2.90. The van der Waals surface area contributed by atoms with Gasteiger partial charge in [0.1, 0.15) is 0 Å². The van der Waals surface area contributed by atoms with Crippen LogP contribution in [0.4, 0.5) is 0 Å². The summed E-state index contributed by atoms with van der Waals surface area (Å²) >= 11 is 0. The maximum Gasteiger partial charge on any atom is 0.0733 e. The molecule has 1 aliphatic rings. The van der Waals surface area contributed by atoms with Crippen LogP contribution in [0.25, 0.3) is 10.9 Å². The predicted octanol–water partition coefficient (Wildman–Crippen LogP) is 1.90. The zero-order chi connectivity index (χ0) is 10.8. The third kappa shape index (κ3) is 1.79. The largest absolute Gasteiger partial charge is 0.378 e. The Bertz CT molecular complexity index is 492. The molecule has 0 unspecified atom stereocenters. The number of para-hydroxylation sites is 1. The van der Waals surface area contributed by atoms with Gasteiger partial charge in [-0.15, -0.1) is 0 Å². The summed E-state index contributed by atoms with van der Waals surface area (Å²) in [7, 11) is 0. The number of fused-ring (bicyclic) bond motifs is 1. The molecule has 3 nitrogen and oxygen atoms in total. The Labute approximate surface area is 94.5 Å². The van der Waals surface area contributed by atoms with Gasteiger partial charge in [0.05, 0.1) is 30.5 Å². The number of nitrogens with one attached hydrogen (secondary N) is 1. The van der Waals surface area contributed by atoms with Crippen molar-refractivity contribution in [1.82, 2.24) is 10.3 Å². The molecule has 0 saturated carbocycles. The quantitative estimate of drug-likeness (QED) is 0.787. The van der Waals surface area contributed by atoms with Crippen molar-refractivity contribution in [3.63, 3.8) is 0 Å². The van der Waals surface area contributed by atoms with Gasteiger partial charge in [-0.1, -0.05) is 24.3 Å². The van der Waals surface area contributed by atoms with E-state index in [9.17, 15) is 0 Å². The maximum absolute atomic E-state index is 5.45. The van der Waals surface area contributed by atoms with E-state index in [1.807, 2.05) is 18.2 Å². The second kappa shape index (κ2) is 4.20. The Morgan fingerprint density at radius 2 is 2.12 bits per heavy atom. The number of hydrogen-bond donors (Lipinski definition) is 1. The summed E-state index contributed by atoms with van der Waals surface area (Å²) in [5.74, 6) is 0. The average molecular weight is 214 g/mol. The lowest BCUT2D eigenvalue weighted by atomic mass is 10.1. The van der Waals surface area contributed by atoms with Gasteiger partial charge in [-0.05, 0) is 12.1 Å². The van der Waals surface area contributed by atoms with Crippen molar-refractivity contribution < 1.29 is 4.74 Å². The highest BCUT2D eigenvalue weighted by molar-refractivity contribution is 5.78. The summed E-state index contributed by atoms with van der Waals surface area (Å²) in [6.07, 6.45) is 0. The molecule has 1 saturated heterocycles. The summed E-state index contributed by atoms with van der Waals surface area (Å²) in [5.41, 5.74) is 2.12. The lowest BCUT2D eigenvalue weighted by Gasteiger charge is -2.23. The van der Waals surface area contributed by atoms with Crippen LogP contribution >= 0.6 is 0 Å². The van der Waals surface area contributed by atoms with E-state index in [4.69, 9.17) is 4.74 Å². The third-order valence-corrected chi connectivity index (χ3v) is 2.90. The summed E-state index contributed by atoms with van der Waals surface area (Å²) in [6.45, 7) is 2.41. The van der Waals surface area contributed by atoms with Gasteiger partial charge >= 0.3 is 0 Å². The van der Waals surface area contributed by atoms with E-state index >= 15 is 0 Å². The number of rotatable bonds is 1. The molecule has 82 valence electrons. The topological polar surface area (TPSA) is 34.1 Å². The van der Waals surface area contributed by atoms with Gasteiger partial charge in [0.2, 0.25) is 0 Å². The Balaban J connectivity index is 1.97. The van der Waals surface area contributed by atoms with Crippen molar-refractivity contribution in [2.24, 2.45) is 0 Å². The number of benzene rings is 1. The fourth-order valence-electron chi connectivity index (χ4n) is 2.03. The van der Waals surface area contributed by atoms with Crippen LogP contribution in [0.15, 0.2) is 36.4 Å². The smallest absolute Gasteiger partial charge is 0.0733 e. The molecule has 1 fully saturated rings. The van der Waals surface area contributed by atoms with Crippen LogP contribution < -0.4 is 5.32 Å². The molecule has 1 atom stereocenters. The van der Waals surface area contributed by atoms with E-state index in [0.29, 0.717) is 6.61 Å². The Hall–Kier alpha value is -1.45. The number of morpholine rings is 1. The van der Waals surface area contributed by atoms with E-state index in [0.717, 1.165) is 24.4 Å². The monoisotopic (exact) mass is 214 g/mol. The molecule has 3 rings (SSSR count). The summed E-state index contributed by atoms with van der Waals surface area (Å²) in [6, 6.07) is 12.6.